The first kappa shape index (κ1) is 29.4. The van der Waals surface area contributed by atoms with Gasteiger partial charge in [-0.25, -0.2) is 0 Å². The molecule has 2 rings (SSSR count). The summed E-state index contributed by atoms with van der Waals surface area (Å²) in [6, 6.07) is 1.11. The number of nitrogens with zero attached hydrogens (tertiary/aromatic N) is 2. The number of amides is 1. The SMILES string of the molecule is CCCC1C/C=C/CC/C(C)=C/C(=N/OCC(=O)N(CC)CC)Cc2c(Cl)c(O)cc(O)c2C(=O)C1. The molecule has 1 aliphatic rings. The molecule has 0 saturated heterocycles. The summed E-state index contributed by atoms with van der Waals surface area (Å²) in [6.07, 6.45) is 10.7. The molecule has 1 aromatic carbocycles. The van der Waals surface area contributed by atoms with Gasteiger partial charge in [0.2, 0.25) is 0 Å². The molecular weight excluding hydrogens is 480 g/mol. The van der Waals surface area contributed by atoms with Gasteiger partial charge in [-0.3, -0.25) is 9.59 Å². The lowest BCUT2D eigenvalue weighted by Crippen LogP contribution is -2.33. The fraction of sp³-hybridized carbons (Fsp3) is 0.536. The van der Waals surface area contributed by atoms with Crippen molar-refractivity contribution in [1.82, 2.24) is 4.90 Å². The normalized spacial score (nSPS) is 20.7. The van der Waals surface area contributed by atoms with E-state index in [4.69, 9.17) is 16.4 Å². The molecule has 1 atom stereocenters. The summed E-state index contributed by atoms with van der Waals surface area (Å²) in [5.74, 6) is -0.895. The molecule has 1 aromatic rings. The van der Waals surface area contributed by atoms with Crippen molar-refractivity contribution in [3.63, 3.8) is 0 Å². The number of halogens is 1. The number of phenolic OH excluding ortho intramolecular Hbond substituents is 2. The van der Waals surface area contributed by atoms with Crippen LogP contribution >= 0.6 is 11.6 Å². The standard InChI is InChI=1S/C28H39ClN2O5/c1-5-11-20-13-10-8-9-12-19(4)14-21(30-36-18-26(35)31(6-2)7-3)16-22-27(23(32)15-20)24(33)17-25(34)28(22)29/h8,10,14,17,20,33-34H,5-7,9,11-13,15-16,18H2,1-4H3/b10-8+,19-14+,30-21-. The van der Waals surface area contributed by atoms with Crippen LogP contribution in [0.5, 0.6) is 11.5 Å². The number of aromatic hydroxyl groups is 2. The van der Waals surface area contributed by atoms with E-state index in [1.54, 1.807) is 4.90 Å². The fourth-order valence-electron chi connectivity index (χ4n) is 4.44. The van der Waals surface area contributed by atoms with Crippen LogP contribution in [-0.2, 0) is 16.1 Å². The van der Waals surface area contributed by atoms with Crippen molar-refractivity contribution in [2.24, 2.45) is 11.1 Å². The molecule has 0 aliphatic heterocycles. The highest BCUT2D eigenvalue weighted by Crippen LogP contribution is 2.38. The van der Waals surface area contributed by atoms with E-state index in [-0.39, 0.29) is 59.1 Å². The molecule has 0 radical (unpaired) electrons. The Balaban J connectivity index is 2.51. The maximum absolute atomic E-state index is 13.4. The molecule has 0 spiro atoms. The second-order valence-electron chi connectivity index (χ2n) is 9.20. The minimum atomic E-state index is -0.313. The summed E-state index contributed by atoms with van der Waals surface area (Å²) in [4.78, 5) is 32.8. The number of rotatable bonds is 7. The highest BCUT2D eigenvalue weighted by Gasteiger charge is 2.25. The van der Waals surface area contributed by atoms with Crippen LogP contribution in [0.3, 0.4) is 0 Å². The number of Topliss-reactive ketones (excluding diaryl/α,β-unsaturated/α-hetero) is 1. The number of benzene rings is 1. The summed E-state index contributed by atoms with van der Waals surface area (Å²) >= 11 is 6.46. The average molecular weight is 519 g/mol. The van der Waals surface area contributed by atoms with E-state index >= 15 is 0 Å². The summed E-state index contributed by atoms with van der Waals surface area (Å²) in [7, 11) is 0. The van der Waals surface area contributed by atoms with Gasteiger partial charge in [0.1, 0.15) is 11.5 Å². The third-order valence-electron chi connectivity index (χ3n) is 6.37. The summed E-state index contributed by atoms with van der Waals surface area (Å²) in [5.41, 5.74) is 1.86. The minimum absolute atomic E-state index is 0.00634. The van der Waals surface area contributed by atoms with E-state index in [1.165, 1.54) is 0 Å². The van der Waals surface area contributed by atoms with E-state index < -0.39 is 0 Å². The molecule has 1 unspecified atom stereocenters. The van der Waals surface area contributed by atoms with Crippen LogP contribution in [0.25, 0.3) is 0 Å². The summed E-state index contributed by atoms with van der Waals surface area (Å²) < 4.78 is 0. The van der Waals surface area contributed by atoms with Gasteiger partial charge < -0.3 is 20.0 Å². The van der Waals surface area contributed by atoms with Crippen LogP contribution in [0.4, 0.5) is 0 Å². The highest BCUT2D eigenvalue weighted by molar-refractivity contribution is 6.33. The summed E-state index contributed by atoms with van der Waals surface area (Å²) in [6.45, 7) is 8.78. The number of hydrogen-bond acceptors (Lipinski definition) is 6. The molecule has 0 saturated carbocycles. The van der Waals surface area contributed by atoms with Gasteiger partial charge in [0.15, 0.2) is 12.4 Å². The molecule has 0 heterocycles. The van der Waals surface area contributed by atoms with Crippen LogP contribution in [-0.4, -0.2) is 52.2 Å². The Morgan fingerprint density at radius 3 is 2.58 bits per heavy atom. The number of oxime groups is 1. The van der Waals surface area contributed by atoms with Crippen molar-refractivity contribution in [2.45, 2.75) is 72.6 Å². The molecular formula is C28H39ClN2O5. The zero-order valence-corrected chi connectivity index (χ0v) is 22.6. The largest absolute Gasteiger partial charge is 0.507 e. The lowest BCUT2D eigenvalue weighted by Gasteiger charge is -2.19. The molecule has 0 fully saturated rings. The zero-order chi connectivity index (χ0) is 26.7. The van der Waals surface area contributed by atoms with Gasteiger partial charge >= 0.3 is 0 Å². The predicted octanol–water partition coefficient (Wildman–Crippen LogP) is 6.21. The maximum atomic E-state index is 13.4. The van der Waals surface area contributed by atoms with Crippen LogP contribution in [0, 0.1) is 5.92 Å². The van der Waals surface area contributed by atoms with E-state index in [0.29, 0.717) is 24.4 Å². The Kier molecular flexibility index (Phi) is 12.0. The first-order valence-corrected chi connectivity index (χ1v) is 13.1. The number of carbonyl (C=O) groups excluding carboxylic acids is 2. The number of hydrogen-bond donors (Lipinski definition) is 2. The zero-order valence-electron chi connectivity index (χ0n) is 21.8. The topological polar surface area (TPSA) is 99.4 Å². The maximum Gasteiger partial charge on any atom is 0.263 e. The predicted molar refractivity (Wildman–Crippen MR) is 144 cm³/mol. The van der Waals surface area contributed by atoms with Crippen LogP contribution < -0.4 is 0 Å². The Morgan fingerprint density at radius 1 is 1.19 bits per heavy atom. The second-order valence-corrected chi connectivity index (χ2v) is 9.58. The molecule has 1 aliphatic carbocycles. The quantitative estimate of drug-likeness (QED) is 0.330. The minimum Gasteiger partial charge on any atom is -0.507 e. The van der Waals surface area contributed by atoms with E-state index in [1.807, 2.05) is 26.8 Å². The molecule has 36 heavy (non-hydrogen) atoms. The third-order valence-corrected chi connectivity index (χ3v) is 6.79. The molecule has 198 valence electrons. The number of fused-ring (bicyclic) bond motifs is 1. The first-order chi connectivity index (χ1) is 17.2. The third kappa shape index (κ3) is 8.40. The van der Waals surface area contributed by atoms with Crippen molar-refractivity contribution in [2.75, 3.05) is 19.7 Å². The van der Waals surface area contributed by atoms with Crippen LogP contribution in [0.2, 0.25) is 5.02 Å². The molecule has 8 heteroatoms. The van der Waals surface area contributed by atoms with E-state index in [2.05, 4.69) is 24.2 Å². The van der Waals surface area contributed by atoms with E-state index in [9.17, 15) is 19.8 Å². The van der Waals surface area contributed by atoms with Gasteiger partial charge in [-0.1, -0.05) is 47.8 Å². The lowest BCUT2D eigenvalue weighted by atomic mass is 9.88. The Labute approximate surface area is 219 Å². The van der Waals surface area contributed by atoms with Crippen molar-refractivity contribution < 1.29 is 24.6 Å². The molecule has 7 nitrogen and oxygen atoms in total. The van der Waals surface area contributed by atoms with Crippen LogP contribution in [0.15, 0.2) is 35.0 Å². The molecule has 2 N–H and O–H groups in total. The second kappa shape index (κ2) is 14.7. The lowest BCUT2D eigenvalue weighted by molar-refractivity contribution is -0.135. The van der Waals surface area contributed by atoms with Gasteiger partial charge in [-0.05, 0) is 64.0 Å². The van der Waals surface area contributed by atoms with E-state index in [0.717, 1.165) is 43.7 Å². The van der Waals surface area contributed by atoms with Crippen molar-refractivity contribution in [3.05, 3.63) is 46.0 Å². The Morgan fingerprint density at radius 2 is 1.92 bits per heavy atom. The van der Waals surface area contributed by atoms with Crippen molar-refractivity contribution in [3.8, 4) is 11.5 Å². The monoisotopic (exact) mass is 518 g/mol. The smallest absolute Gasteiger partial charge is 0.263 e. The van der Waals surface area contributed by atoms with Crippen molar-refractivity contribution >= 4 is 29.0 Å². The van der Waals surface area contributed by atoms with Gasteiger partial charge in [-0.2, -0.15) is 0 Å². The number of phenols is 2. The Bertz CT molecular complexity index is 1010. The highest BCUT2D eigenvalue weighted by atomic mass is 35.5. The number of carbonyl (C=O) groups is 2. The van der Waals surface area contributed by atoms with Gasteiger partial charge in [0, 0.05) is 32.0 Å². The fourth-order valence-corrected chi connectivity index (χ4v) is 4.66. The molecule has 0 aromatic heterocycles. The molecule has 1 amide bonds. The first-order valence-electron chi connectivity index (χ1n) is 12.8. The summed E-state index contributed by atoms with van der Waals surface area (Å²) in [5, 5.41) is 25.2. The van der Waals surface area contributed by atoms with Gasteiger partial charge in [0.05, 0.1) is 16.3 Å². The average Bonchev–Trinajstić information content (AvgIpc) is 2.82. The Hall–Kier alpha value is -2.80. The van der Waals surface area contributed by atoms with Gasteiger partial charge in [-0.15, -0.1) is 0 Å². The molecule has 0 bridgehead atoms. The van der Waals surface area contributed by atoms with Gasteiger partial charge in [0.25, 0.3) is 5.91 Å². The number of ketones is 1. The van der Waals surface area contributed by atoms with Crippen molar-refractivity contribution in [1.29, 1.82) is 0 Å². The number of allylic oxidation sites excluding steroid dienone is 4. The number of likely N-dealkylation sites (N-methyl/N-ethyl adjacent to an activating group) is 1. The van der Waals surface area contributed by atoms with Crippen LogP contribution in [0.1, 0.15) is 82.1 Å².